The van der Waals surface area contributed by atoms with E-state index in [4.69, 9.17) is 29.6 Å². The number of thiophene rings is 1. The Morgan fingerprint density at radius 2 is 2.00 bits per heavy atom. The Labute approximate surface area is 155 Å². The van der Waals surface area contributed by atoms with Crippen molar-refractivity contribution in [1.29, 1.82) is 0 Å². The van der Waals surface area contributed by atoms with Crippen LogP contribution in [0.25, 0.3) is 0 Å². The van der Waals surface area contributed by atoms with Crippen molar-refractivity contribution in [3.63, 3.8) is 0 Å². The van der Waals surface area contributed by atoms with Gasteiger partial charge in [-0.2, -0.15) is 0 Å². The summed E-state index contributed by atoms with van der Waals surface area (Å²) in [5.74, 6) is 0.103. The molecule has 3 N–H and O–H groups in total. The van der Waals surface area contributed by atoms with E-state index in [0.717, 1.165) is 29.3 Å². The van der Waals surface area contributed by atoms with Gasteiger partial charge in [0.2, 0.25) is 0 Å². The number of halogens is 1. The van der Waals surface area contributed by atoms with Crippen LogP contribution in [0.4, 0.5) is 11.4 Å². The normalized spacial score (nSPS) is 14.5. The molecular weight excluding hydrogens is 364 g/mol. The minimum absolute atomic E-state index is 0.103. The molecule has 1 amide bonds. The SMILES string of the molecule is NC(=S)Nc1ccc(N2CCN(C(=O)c3cccs3)CC2)c(Cl)c1. The van der Waals surface area contributed by atoms with Crippen LogP contribution in [0.15, 0.2) is 35.7 Å². The standard InChI is InChI=1S/C16H17ClN4OS2/c17-12-10-11(19-16(18)23)3-4-13(12)20-5-7-21(8-6-20)15(22)14-2-1-9-24-14/h1-4,9-10H,5-8H2,(H3,18,19,23). The van der Waals surface area contributed by atoms with Crippen molar-refractivity contribution in [3.8, 4) is 0 Å². The first-order valence-corrected chi connectivity index (χ1v) is 9.15. The third kappa shape index (κ3) is 3.80. The molecule has 2 heterocycles. The van der Waals surface area contributed by atoms with Crippen LogP contribution < -0.4 is 16.0 Å². The summed E-state index contributed by atoms with van der Waals surface area (Å²) in [6, 6.07) is 9.41. The number of hydrogen-bond acceptors (Lipinski definition) is 4. The summed E-state index contributed by atoms with van der Waals surface area (Å²) in [7, 11) is 0. The van der Waals surface area contributed by atoms with E-state index in [2.05, 4.69) is 10.2 Å². The lowest BCUT2D eigenvalue weighted by Gasteiger charge is -2.36. The van der Waals surface area contributed by atoms with Gasteiger partial charge >= 0.3 is 0 Å². The summed E-state index contributed by atoms with van der Waals surface area (Å²) in [6.45, 7) is 2.86. The van der Waals surface area contributed by atoms with Crippen molar-refractivity contribution < 1.29 is 4.79 Å². The second-order valence-corrected chi connectivity index (χ2v) is 7.21. The summed E-state index contributed by atoms with van der Waals surface area (Å²) in [4.78, 5) is 17.2. The van der Waals surface area contributed by atoms with E-state index in [1.807, 2.05) is 34.5 Å². The average molecular weight is 381 g/mol. The van der Waals surface area contributed by atoms with E-state index in [1.165, 1.54) is 11.3 Å². The van der Waals surface area contributed by atoms with Gasteiger partial charge in [0.05, 0.1) is 15.6 Å². The van der Waals surface area contributed by atoms with Gasteiger partial charge in [-0.3, -0.25) is 4.79 Å². The summed E-state index contributed by atoms with van der Waals surface area (Å²) in [5, 5.41) is 5.63. The first kappa shape index (κ1) is 17.0. The van der Waals surface area contributed by atoms with Crippen LogP contribution in [0.5, 0.6) is 0 Å². The number of thiocarbonyl (C=S) groups is 1. The highest BCUT2D eigenvalue weighted by Crippen LogP contribution is 2.30. The van der Waals surface area contributed by atoms with Crippen molar-refractivity contribution in [1.82, 2.24) is 4.90 Å². The zero-order valence-electron chi connectivity index (χ0n) is 12.9. The summed E-state index contributed by atoms with van der Waals surface area (Å²) >= 11 is 12.7. The lowest BCUT2D eigenvalue weighted by atomic mass is 10.2. The van der Waals surface area contributed by atoms with Crippen molar-refractivity contribution in [2.45, 2.75) is 0 Å². The molecule has 126 valence electrons. The highest BCUT2D eigenvalue weighted by molar-refractivity contribution is 7.80. The molecule has 1 aromatic carbocycles. The van der Waals surface area contributed by atoms with Gasteiger partial charge in [0.25, 0.3) is 5.91 Å². The molecule has 0 bridgehead atoms. The molecule has 0 saturated carbocycles. The molecule has 0 radical (unpaired) electrons. The molecule has 3 rings (SSSR count). The molecule has 24 heavy (non-hydrogen) atoms. The topological polar surface area (TPSA) is 61.6 Å². The van der Waals surface area contributed by atoms with Crippen LogP contribution in [0, 0.1) is 0 Å². The molecule has 1 aromatic heterocycles. The van der Waals surface area contributed by atoms with E-state index in [1.54, 1.807) is 6.07 Å². The minimum Gasteiger partial charge on any atom is -0.376 e. The van der Waals surface area contributed by atoms with Crippen molar-refractivity contribution in [2.75, 3.05) is 36.4 Å². The van der Waals surface area contributed by atoms with Gasteiger partial charge in [-0.15, -0.1) is 11.3 Å². The first-order chi connectivity index (χ1) is 11.5. The Balaban J connectivity index is 1.64. The molecule has 1 fully saturated rings. The van der Waals surface area contributed by atoms with Gasteiger partial charge in [-0.1, -0.05) is 17.7 Å². The molecule has 0 unspecified atom stereocenters. The number of nitrogens with two attached hydrogens (primary N) is 1. The second-order valence-electron chi connectivity index (χ2n) is 5.41. The Hall–Kier alpha value is -1.83. The Kier molecular flexibility index (Phi) is 5.23. The number of carbonyl (C=O) groups excluding carboxylic acids is 1. The Morgan fingerprint density at radius 3 is 2.58 bits per heavy atom. The van der Waals surface area contributed by atoms with Crippen molar-refractivity contribution >= 4 is 57.5 Å². The number of rotatable bonds is 3. The maximum atomic E-state index is 12.4. The quantitative estimate of drug-likeness (QED) is 0.801. The Bertz CT molecular complexity index is 743. The van der Waals surface area contributed by atoms with Gasteiger partial charge in [-0.25, -0.2) is 0 Å². The minimum atomic E-state index is 0.103. The van der Waals surface area contributed by atoms with Crippen LogP contribution in [0.3, 0.4) is 0 Å². The molecular formula is C16H17ClN4OS2. The third-order valence-corrected chi connectivity index (χ3v) is 5.12. The predicted octanol–water partition coefficient (Wildman–Crippen LogP) is 3.02. The lowest BCUT2D eigenvalue weighted by Crippen LogP contribution is -2.48. The monoisotopic (exact) mass is 380 g/mol. The van der Waals surface area contributed by atoms with E-state index in [9.17, 15) is 4.79 Å². The zero-order valence-corrected chi connectivity index (χ0v) is 15.3. The van der Waals surface area contributed by atoms with Crippen LogP contribution >= 0.6 is 35.2 Å². The summed E-state index contributed by atoms with van der Waals surface area (Å²) in [5.41, 5.74) is 7.19. The van der Waals surface area contributed by atoms with Crippen LogP contribution in [0.2, 0.25) is 5.02 Å². The number of benzene rings is 1. The van der Waals surface area contributed by atoms with Gasteiger partial charge in [0, 0.05) is 31.9 Å². The average Bonchev–Trinajstić information content (AvgIpc) is 3.08. The third-order valence-electron chi connectivity index (χ3n) is 3.85. The highest BCUT2D eigenvalue weighted by Gasteiger charge is 2.23. The van der Waals surface area contributed by atoms with Crippen molar-refractivity contribution in [3.05, 3.63) is 45.6 Å². The molecule has 8 heteroatoms. The predicted molar refractivity (Wildman–Crippen MR) is 104 cm³/mol. The fraction of sp³-hybridized carbons (Fsp3) is 0.250. The highest BCUT2D eigenvalue weighted by atomic mass is 35.5. The Morgan fingerprint density at radius 1 is 1.25 bits per heavy atom. The maximum absolute atomic E-state index is 12.4. The molecule has 2 aromatic rings. The van der Waals surface area contributed by atoms with E-state index >= 15 is 0 Å². The fourth-order valence-corrected chi connectivity index (χ4v) is 3.80. The maximum Gasteiger partial charge on any atom is 0.264 e. The van der Waals surface area contributed by atoms with E-state index < -0.39 is 0 Å². The lowest BCUT2D eigenvalue weighted by molar-refractivity contribution is 0.0751. The fourth-order valence-electron chi connectivity index (χ4n) is 2.69. The number of piperazine rings is 1. The molecule has 0 atom stereocenters. The zero-order chi connectivity index (χ0) is 17.1. The number of amides is 1. The van der Waals surface area contributed by atoms with Crippen LogP contribution in [0.1, 0.15) is 9.67 Å². The number of carbonyl (C=O) groups is 1. The molecule has 0 spiro atoms. The molecule has 0 aliphatic carbocycles. The van der Waals surface area contributed by atoms with Crippen molar-refractivity contribution in [2.24, 2.45) is 5.73 Å². The van der Waals surface area contributed by atoms with Gasteiger partial charge in [-0.05, 0) is 41.9 Å². The van der Waals surface area contributed by atoms with Gasteiger partial charge in [0.1, 0.15) is 0 Å². The van der Waals surface area contributed by atoms with E-state index in [0.29, 0.717) is 18.1 Å². The first-order valence-electron chi connectivity index (χ1n) is 7.48. The summed E-state index contributed by atoms with van der Waals surface area (Å²) in [6.07, 6.45) is 0. The second kappa shape index (κ2) is 7.38. The van der Waals surface area contributed by atoms with E-state index in [-0.39, 0.29) is 11.0 Å². The molecule has 5 nitrogen and oxygen atoms in total. The molecule has 1 aliphatic rings. The number of hydrogen-bond donors (Lipinski definition) is 2. The van der Waals surface area contributed by atoms with Crippen LogP contribution in [-0.4, -0.2) is 42.1 Å². The van der Waals surface area contributed by atoms with Crippen LogP contribution in [-0.2, 0) is 0 Å². The summed E-state index contributed by atoms with van der Waals surface area (Å²) < 4.78 is 0. The number of anilines is 2. The smallest absolute Gasteiger partial charge is 0.264 e. The van der Waals surface area contributed by atoms with Gasteiger partial charge < -0.3 is 20.9 Å². The molecule has 1 aliphatic heterocycles. The number of nitrogens with one attached hydrogen (secondary N) is 1. The van der Waals surface area contributed by atoms with Gasteiger partial charge in [0.15, 0.2) is 5.11 Å². The largest absolute Gasteiger partial charge is 0.376 e. The molecule has 1 saturated heterocycles. The number of nitrogens with zero attached hydrogens (tertiary/aromatic N) is 2.